The predicted octanol–water partition coefficient (Wildman–Crippen LogP) is 5.58. The minimum absolute atomic E-state index is 0.0108. The average Bonchev–Trinajstić information content (AvgIpc) is 2.90. The fraction of sp³-hybridized carbons (Fsp3) is 0.286. The molecule has 3 aromatic rings. The fourth-order valence-corrected chi connectivity index (χ4v) is 5.54. The highest BCUT2D eigenvalue weighted by atomic mass is 35.5. The van der Waals surface area contributed by atoms with Gasteiger partial charge in [0.2, 0.25) is 21.8 Å². The molecule has 11 heteroatoms. The van der Waals surface area contributed by atoms with Crippen LogP contribution in [0.3, 0.4) is 0 Å². The van der Waals surface area contributed by atoms with Crippen molar-refractivity contribution in [1.82, 2.24) is 10.2 Å². The van der Waals surface area contributed by atoms with E-state index in [0.29, 0.717) is 13.0 Å². The van der Waals surface area contributed by atoms with Gasteiger partial charge in [0.25, 0.3) is 0 Å². The molecule has 3 rings (SSSR count). The summed E-state index contributed by atoms with van der Waals surface area (Å²) in [5.41, 5.74) is 1.65. The summed E-state index contributed by atoms with van der Waals surface area (Å²) in [6.45, 7) is 1.86. The Morgan fingerprint density at radius 3 is 2.00 bits per heavy atom. The summed E-state index contributed by atoms with van der Waals surface area (Å²) in [4.78, 5) is 28.8. The number of halogens is 3. The number of benzene rings is 3. The molecule has 0 unspecified atom stereocenters. The van der Waals surface area contributed by atoms with Gasteiger partial charge in [-0.05, 0) is 29.7 Å². The largest absolute Gasteiger partial charge is 0.354 e. The highest BCUT2D eigenvalue weighted by Crippen LogP contribution is 2.35. The van der Waals surface area contributed by atoms with Crippen molar-refractivity contribution in [3.05, 3.63) is 99.0 Å². The number of sulfonamides is 1. The second kappa shape index (κ2) is 14.0. The Kier molecular flexibility index (Phi) is 11.1. The third kappa shape index (κ3) is 8.60. The van der Waals surface area contributed by atoms with E-state index < -0.39 is 28.5 Å². The zero-order chi connectivity index (χ0) is 28.6. The molecule has 208 valence electrons. The maximum absolute atomic E-state index is 14.0. The first kappa shape index (κ1) is 30.8. The lowest BCUT2D eigenvalue weighted by Gasteiger charge is -2.33. The highest BCUT2D eigenvalue weighted by Gasteiger charge is 2.33. The Balaban J connectivity index is 2.06. The molecular weight excluding hydrogens is 581 g/mol. The Hall–Kier alpha value is -2.78. The fourth-order valence-electron chi connectivity index (χ4n) is 4.00. The summed E-state index contributed by atoms with van der Waals surface area (Å²) < 4.78 is 26.6. The van der Waals surface area contributed by atoms with E-state index >= 15 is 0 Å². The van der Waals surface area contributed by atoms with Gasteiger partial charge in [-0.1, -0.05) is 102 Å². The van der Waals surface area contributed by atoms with E-state index in [-0.39, 0.29) is 39.6 Å². The molecule has 0 fully saturated rings. The first-order chi connectivity index (χ1) is 18.5. The van der Waals surface area contributed by atoms with Gasteiger partial charge in [0.05, 0.1) is 27.0 Å². The number of anilines is 1. The molecule has 0 radical (unpaired) electrons. The summed E-state index contributed by atoms with van der Waals surface area (Å²) >= 11 is 18.5. The van der Waals surface area contributed by atoms with Gasteiger partial charge in [-0.3, -0.25) is 13.9 Å². The maximum atomic E-state index is 14.0. The van der Waals surface area contributed by atoms with Gasteiger partial charge in [0.1, 0.15) is 12.6 Å². The van der Waals surface area contributed by atoms with Crippen molar-refractivity contribution in [2.24, 2.45) is 0 Å². The summed E-state index contributed by atoms with van der Waals surface area (Å²) in [6.07, 6.45) is 1.92. The maximum Gasteiger partial charge on any atom is 0.244 e. The molecule has 0 saturated carbocycles. The van der Waals surface area contributed by atoms with Gasteiger partial charge >= 0.3 is 0 Å². The molecule has 0 saturated heterocycles. The molecule has 3 aromatic carbocycles. The first-order valence-corrected chi connectivity index (χ1v) is 15.3. The monoisotopic (exact) mass is 609 g/mol. The van der Waals surface area contributed by atoms with Crippen LogP contribution in [-0.4, -0.2) is 50.5 Å². The zero-order valence-electron chi connectivity index (χ0n) is 21.6. The minimum atomic E-state index is -3.99. The number of hydrogen-bond donors (Lipinski definition) is 1. The molecule has 39 heavy (non-hydrogen) atoms. The van der Waals surface area contributed by atoms with Crippen molar-refractivity contribution in [2.75, 3.05) is 23.7 Å². The Bertz CT molecular complexity index is 1390. The lowest BCUT2D eigenvalue weighted by molar-refractivity contribution is -0.140. The van der Waals surface area contributed by atoms with Crippen molar-refractivity contribution >= 4 is 62.3 Å². The van der Waals surface area contributed by atoms with Gasteiger partial charge in [0.15, 0.2) is 0 Å². The van der Waals surface area contributed by atoms with Crippen molar-refractivity contribution in [1.29, 1.82) is 0 Å². The lowest BCUT2D eigenvalue weighted by atomic mass is 10.0. The van der Waals surface area contributed by atoms with Crippen LogP contribution in [0.5, 0.6) is 0 Å². The van der Waals surface area contributed by atoms with Crippen LogP contribution >= 0.6 is 34.8 Å². The number of rotatable bonds is 12. The van der Waals surface area contributed by atoms with Crippen molar-refractivity contribution in [3.8, 4) is 0 Å². The molecule has 0 spiro atoms. The van der Waals surface area contributed by atoms with Crippen LogP contribution in [0.2, 0.25) is 15.1 Å². The van der Waals surface area contributed by atoms with Gasteiger partial charge in [-0.15, -0.1) is 0 Å². The zero-order valence-corrected chi connectivity index (χ0v) is 24.7. The van der Waals surface area contributed by atoms with Crippen molar-refractivity contribution in [2.45, 2.75) is 32.4 Å². The SMILES string of the molecule is CCCNC(=O)[C@@H](Cc1ccccc1)N(Cc1ccccc1)C(=O)CN(c1cc(Cl)c(Cl)cc1Cl)S(C)(=O)=O. The van der Waals surface area contributed by atoms with Crippen LogP contribution in [0.4, 0.5) is 5.69 Å². The number of carbonyl (C=O) groups is 2. The van der Waals surface area contributed by atoms with Crippen LogP contribution in [0.1, 0.15) is 24.5 Å². The molecule has 0 aliphatic heterocycles. The van der Waals surface area contributed by atoms with Crippen molar-refractivity contribution < 1.29 is 18.0 Å². The molecule has 1 N–H and O–H groups in total. The molecule has 0 heterocycles. The standard InChI is InChI=1S/C28H30Cl3N3O4S/c1-3-14-32-28(36)26(15-20-10-6-4-7-11-20)33(18-21-12-8-5-9-13-21)27(35)19-34(39(2,37)38)25-17-23(30)22(29)16-24(25)31/h4-13,16-17,26H,3,14-15,18-19H2,1-2H3,(H,32,36)/t26-/m1/s1. The second-order valence-electron chi connectivity index (χ2n) is 8.99. The molecule has 7 nitrogen and oxygen atoms in total. The van der Waals surface area contributed by atoms with Crippen LogP contribution in [-0.2, 0) is 32.6 Å². The molecule has 2 amide bonds. The van der Waals surface area contributed by atoms with E-state index in [1.54, 1.807) is 0 Å². The van der Waals surface area contributed by atoms with E-state index in [1.807, 2.05) is 67.6 Å². The van der Waals surface area contributed by atoms with Crippen LogP contribution < -0.4 is 9.62 Å². The summed E-state index contributed by atoms with van der Waals surface area (Å²) in [7, 11) is -3.99. The number of carbonyl (C=O) groups excluding carboxylic acids is 2. The van der Waals surface area contributed by atoms with E-state index in [9.17, 15) is 18.0 Å². The number of amides is 2. The number of nitrogens with zero attached hydrogens (tertiary/aromatic N) is 2. The third-order valence-corrected chi connectivity index (χ3v) is 8.11. The topological polar surface area (TPSA) is 86.8 Å². The van der Waals surface area contributed by atoms with Crippen LogP contribution in [0.25, 0.3) is 0 Å². The Morgan fingerprint density at radius 2 is 1.44 bits per heavy atom. The summed E-state index contributed by atoms with van der Waals surface area (Å²) in [5.74, 6) is -0.914. The molecule has 0 bridgehead atoms. The van der Waals surface area contributed by atoms with Gasteiger partial charge in [-0.25, -0.2) is 8.42 Å². The number of hydrogen-bond acceptors (Lipinski definition) is 4. The lowest BCUT2D eigenvalue weighted by Crippen LogP contribution is -2.53. The summed E-state index contributed by atoms with van der Waals surface area (Å²) in [5, 5.41) is 3.13. The predicted molar refractivity (Wildman–Crippen MR) is 158 cm³/mol. The Labute approximate surface area is 244 Å². The Morgan fingerprint density at radius 1 is 0.872 bits per heavy atom. The normalized spacial score (nSPS) is 12.0. The molecule has 0 aromatic heterocycles. The molecular formula is C28H30Cl3N3O4S. The van der Waals surface area contributed by atoms with Gasteiger partial charge in [-0.2, -0.15) is 0 Å². The van der Waals surface area contributed by atoms with E-state index in [0.717, 1.165) is 21.7 Å². The average molecular weight is 611 g/mol. The van der Waals surface area contributed by atoms with E-state index in [2.05, 4.69) is 5.32 Å². The van der Waals surface area contributed by atoms with E-state index in [1.165, 1.54) is 17.0 Å². The van der Waals surface area contributed by atoms with Gasteiger partial charge < -0.3 is 10.2 Å². The second-order valence-corrected chi connectivity index (χ2v) is 12.1. The quantitative estimate of drug-likeness (QED) is 0.271. The number of nitrogens with one attached hydrogen (secondary N) is 1. The minimum Gasteiger partial charge on any atom is -0.354 e. The van der Waals surface area contributed by atoms with Crippen LogP contribution in [0, 0.1) is 0 Å². The summed E-state index contributed by atoms with van der Waals surface area (Å²) in [6, 6.07) is 20.3. The molecule has 0 aliphatic carbocycles. The smallest absolute Gasteiger partial charge is 0.244 e. The van der Waals surface area contributed by atoms with Crippen LogP contribution in [0.15, 0.2) is 72.8 Å². The van der Waals surface area contributed by atoms with Gasteiger partial charge in [0, 0.05) is 19.5 Å². The first-order valence-electron chi connectivity index (χ1n) is 12.3. The highest BCUT2D eigenvalue weighted by molar-refractivity contribution is 7.92. The molecule has 1 atom stereocenters. The van der Waals surface area contributed by atoms with E-state index in [4.69, 9.17) is 34.8 Å². The molecule has 0 aliphatic rings. The third-order valence-electron chi connectivity index (χ3n) is 5.95. The van der Waals surface area contributed by atoms with Crippen molar-refractivity contribution in [3.63, 3.8) is 0 Å².